The van der Waals surface area contributed by atoms with E-state index in [4.69, 9.17) is 0 Å². The summed E-state index contributed by atoms with van der Waals surface area (Å²) >= 11 is 3.48. The Balaban J connectivity index is 1.75. The van der Waals surface area contributed by atoms with E-state index in [1.807, 2.05) is 11.0 Å². The van der Waals surface area contributed by atoms with E-state index in [1.165, 1.54) is 24.0 Å². The second-order valence-electron chi connectivity index (χ2n) is 6.20. The second-order valence-corrected chi connectivity index (χ2v) is 7.12. The molecule has 0 N–H and O–H groups in total. The number of hydrogen-bond donors (Lipinski definition) is 0. The molecule has 4 rings (SSSR count). The van der Waals surface area contributed by atoms with Crippen molar-refractivity contribution in [3.63, 3.8) is 0 Å². The lowest BCUT2D eigenvalue weighted by molar-refractivity contribution is -0.117. The minimum atomic E-state index is 0.167. The molecule has 1 saturated heterocycles. The number of benzene rings is 2. The van der Waals surface area contributed by atoms with Crippen molar-refractivity contribution >= 4 is 27.5 Å². The topological polar surface area (TPSA) is 20.3 Å². The molecule has 2 nitrogen and oxygen atoms in total. The van der Waals surface area contributed by atoms with Crippen molar-refractivity contribution in [1.29, 1.82) is 0 Å². The first-order valence-corrected chi connectivity index (χ1v) is 8.70. The number of carbonyl (C=O) groups excluding carboxylic acids is 1. The first-order chi connectivity index (χ1) is 10.7. The summed E-state index contributed by atoms with van der Waals surface area (Å²) in [7, 11) is 0. The summed E-state index contributed by atoms with van der Waals surface area (Å²) < 4.78 is 1.07. The van der Waals surface area contributed by atoms with Crippen LogP contribution in [0, 0.1) is 0 Å². The van der Waals surface area contributed by atoms with Crippen LogP contribution in [0.4, 0.5) is 5.69 Å². The number of halogens is 1. The molecule has 0 bridgehead atoms. The highest BCUT2D eigenvalue weighted by atomic mass is 79.9. The number of carbonyl (C=O) groups is 1. The van der Waals surface area contributed by atoms with Crippen LogP contribution >= 0.6 is 15.9 Å². The van der Waals surface area contributed by atoms with E-state index in [9.17, 15) is 4.79 Å². The number of rotatable bonds is 3. The van der Waals surface area contributed by atoms with Gasteiger partial charge >= 0.3 is 0 Å². The van der Waals surface area contributed by atoms with Gasteiger partial charge in [0.05, 0.1) is 6.04 Å². The largest absolute Gasteiger partial charge is 0.305 e. The molecule has 1 amide bonds. The van der Waals surface area contributed by atoms with Crippen LogP contribution in [0.1, 0.15) is 48.8 Å². The maximum atomic E-state index is 12.5. The van der Waals surface area contributed by atoms with Crippen LogP contribution in [0.25, 0.3) is 0 Å². The minimum absolute atomic E-state index is 0.167. The van der Waals surface area contributed by atoms with E-state index in [0.717, 1.165) is 16.6 Å². The van der Waals surface area contributed by atoms with Gasteiger partial charge in [0.2, 0.25) is 5.91 Å². The summed E-state index contributed by atoms with van der Waals surface area (Å²) in [4.78, 5) is 14.6. The Morgan fingerprint density at radius 3 is 2.41 bits per heavy atom. The van der Waals surface area contributed by atoms with E-state index < -0.39 is 0 Å². The quantitative estimate of drug-likeness (QED) is 0.741. The highest BCUT2D eigenvalue weighted by molar-refractivity contribution is 9.10. The monoisotopic (exact) mass is 355 g/mol. The van der Waals surface area contributed by atoms with Gasteiger partial charge in [-0.2, -0.15) is 0 Å². The first-order valence-electron chi connectivity index (χ1n) is 7.90. The maximum absolute atomic E-state index is 12.5. The Kier molecular flexibility index (Phi) is 3.53. The van der Waals surface area contributed by atoms with Crippen LogP contribution in [-0.4, -0.2) is 5.91 Å². The fraction of sp³-hybridized carbons (Fsp3) is 0.316. The normalized spacial score (nSPS) is 21.4. The summed E-state index contributed by atoms with van der Waals surface area (Å²) in [6.45, 7) is 0. The molecule has 0 radical (unpaired) electrons. The molecule has 1 heterocycles. The molecule has 1 unspecified atom stereocenters. The Morgan fingerprint density at radius 1 is 0.955 bits per heavy atom. The van der Waals surface area contributed by atoms with Gasteiger partial charge in [-0.1, -0.05) is 46.3 Å². The van der Waals surface area contributed by atoms with Crippen molar-refractivity contribution in [3.05, 3.63) is 64.1 Å². The average Bonchev–Trinajstić information content (AvgIpc) is 3.31. The van der Waals surface area contributed by atoms with Gasteiger partial charge < -0.3 is 4.90 Å². The molecule has 1 aliphatic heterocycles. The number of para-hydroxylation sites is 1. The molecular weight excluding hydrogens is 338 g/mol. The fourth-order valence-electron chi connectivity index (χ4n) is 3.43. The highest BCUT2D eigenvalue weighted by Crippen LogP contribution is 2.47. The Hall–Kier alpha value is -1.61. The van der Waals surface area contributed by atoms with Crippen LogP contribution in [0.5, 0.6) is 0 Å². The number of anilines is 1. The molecule has 1 atom stereocenters. The van der Waals surface area contributed by atoms with E-state index in [0.29, 0.717) is 12.3 Å². The van der Waals surface area contributed by atoms with Crippen LogP contribution in [0.15, 0.2) is 53.0 Å². The maximum Gasteiger partial charge on any atom is 0.227 e. The second kappa shape index (κ2) is 5.54. The van der Waals surface area contributed by atoms with Crippen molar-refractivity contribution in [2.24, 2.45) is 0 Å². The Labute approximate surface area is 139 Å². The zero-order valence-corrected chi connectivity index (χ0v) is 13.9. The predicted octanol–water partition coefficient (Wildman–Crippen LogP) is 5.19. The Morgan fingerprint density at radius 2 is 1.68 bits per heavy atom. The smallest absolute Gasteiger partial charge is 0.227 e. The summed E-state index contributed by atoms with van der Waals surface area (Å²) in [5.74, 6) is 0.899. The van der Waals surface area contributed by atoms with Gasteiger partial charge in [0.1, 0.15) is 0 Å². The molecule has 2 aromatic rings. The minimum Gasteiger partial charge on any atom is -0.305 e. The number of amides is 1. The van der Waals surface area contributed by atoms with Gasteiger partial charge in [-0.15, -0.1) is 0 Å². The zero-order chi connectivity index (χ0) is 15.1. The van der Waals surface area contributed by atoms with Crippen molar-refractivity contribution in [3.8, 4) is 0 Å². The number of hydrogen-bond acceptors (Lipinski definition) is 1. The van der Waals surface area contributed by atoms with Gasteiger partial charge in [-0.05, 0) is 54.5 Å². The molecule has 2 aliphatic rings. The van der Waals surface area contributed by atoms with Crippen LogP contribution in [0.2, 0.25) is 0 Å². The fourth-order valence-corrected chi connectivity index (χ4v) is 3.70. The molecule has 1 aliphatic carbocycles. The van der Waals surface area contributed by atoms with Gasteiger partial charge in [0.25, 0.3) is 0 Å². The molecule has 0 aromatic heterocycles. The summed E-state index contributed by atoms with van der Waals surface area (Å²) in [6.07, 6.45) is 4.04. The van der Waals surface area contributed by atoms with Crippen molar-refractivity contribution in [2.45, 2.75) is 37.6 Å². The van der Waals surface area contributed by atoms with E-state index in [2.05, 4.69) is 58.4 Å². The summed E-state index contributed by atoms with van der Waals surface area (Å²) in [5, 5.41) is 0. The molecule has 2 fully saturated rings. The average molecular weight is 356 g/mol. The third-order valence-corrected chi connectivity index (χ3v) is 5.21. The molecule has 2 aromatic carbocycles. The van der Waals surface area contributed by atoms with Gasteiger partial charge in [0, 0.05) is 16.6 Å². The summed E-state index contributed by atoms with van der Waals surface area (Å²) in [6, 6.07) is 17.0. The van der Waals surface area contributed by atoms with Gasteiger partial charge in [-0.25, -0.2) is 0 Å². The zero-order valence-electron chi connectivity index (χ0n) is 12.3. The third-order valence-electron chi connectivity index (χ3n) is 4.68. The standard InChI is InChI=1S/C19H18BrNO/c20-15-9-7-14(8-10-15)17-11-12-19(22)21(17)18-4-2-1-3-16(18)13-5-6-13/h1-4,7-10,13,17H,5-6,11-12H2. The van der Waals surface area contributed by atoms with Gasteiger partial charge in [-0.3, -0.25) is 4.79 Å². The van der Waals surface area contributed by atoms with E-state index >= 15 is 0 Å². The number of nitrogens with zero attached hydrogens (tertiary/aromatic N) is 1. The lowest BCUT2D eigenvalue weighted by atomic mass is 10.0. The van der Waals surface area contributed by atoms with E-state index in [1.54, 1.807) is 0 Å². The van der Waals surface area contributed by atoms with Gasteiger partial charge in [0.15, 0.2) is 0 Å². The van der Waals surface area contributed by atoms with Crippen molar-refractivity contribution in [2.75, 3.05) is 4.90 Å². The molecule has 112 valence electrons. The highest BCUT2D eigenvalue weighted by Gasteiger charge is 2.36. The molecule has 3 heteroatoms. The Bertz CT molecular complexity index is 706. The molecule has 0 spiro atoms. The first kappa shape index (κ1) is 14.0. The third kappa shape index (κ3) is 2.48. The van der Waals surface area contributed by atoms with Crippen molar-refractivity contribution < 1.29 is 4.79 Å². The molecule has 1 saturated carbocycles. The van der Waals surface area contributed by atoms with Crippen molar-refractivity contribution in [1.82, 2.24) is 0 Å². The molecular formula is C19H18BrNO. The SMILES string of the molecule is O=C1CCC(c2ccc(Br)cc2)N1c1ccccc1C1CC1. The van der Waals surface area contributed by atoms with Crippen LogP contribution in [0.3, 0.4) is 0 Å². The van der Waals surface area contributed by atoms with Crippen LogP contribution < -0.4 is 4.90 Å². The lowest BCUT2D eigenvalue weighted by Gasteiger charge is -2.27. The molecule has 22 heavy (non-hydrogen) atoms. The predicted molar refractivity (Wildman–Crippen MR) is 92.0 cm³/mol. The van der Waals surface area contributed by atoms with E-state index in [-0.39, 0.29) is 11.9 Å². The lowest BCUT2D eigenvalue weighted by Crippen LogP contribution is -2.28. The van der Waals surface area contributed by atoms with Crippen LogP contribution in [-0.2, 0) is 4.79 Å². The summed E-state index contributed by atoms with van der Waals surface area (Å²) in [5.41, 5.74) is 3.69.